The summed E-state index contributed by atoms with van der Waals surface area (Å²) in [5, 5.41) is 12.0. The van der Waals surface area contributed by atoms with E-state index in [0.29, 0.717) is 25.0 Å². The smallest absolute Gasteiger partial charge is 0.306 e. The van der Waals surface area contributed by atoms with Crippen LogP contribution >= 0.6 is 0 Å². The molecular formula is C16H21NO4. The molecule has 0 aliphatic heterocycles. The monoisotopic (exact) mass is 291 g/mol. The fourth-order valence-corrected chi connectivity index (χ4v) is 2.77. The summed E-state index contributed by atoms with van der Waals surface area (Å²) in [7, 11) is 1.60. The molecular weight excluding hydrogens is 270 g/mol. The highest BCUT2D eigenvalue weighted by Crippen LogP contribution is 2.24. The molecule has 1 aliphatic rings. The Labute approximate surface area is 124 Å². The molecule has 5 heteroatoms. The minimum atomic E-state index is -0.731. The average molecular weight is 291 g/mol. The Morgan fingerprint density at radius 2 is 1.90 bits per heavy atom. The first-order chi connectivity index (χ1) is 10.1. The number of rotatable bonds is 5. The standard InChI is InChI=1S/C16H21NO4/c1-21-10-12-4-2-3-5-14(12)15(18)17-13-8-6-11(7-9-13)16(19)20/h2-5,11,13H,6-10H2,1H3,(H,17,18)(H,19,20). The average Bonchev–Trinajstić information content (AvgIpc) is 2.48. The highest BCUT2D eigenvalue weighted by atomic mass is 16.5. The summed E-state index contributed by atoms with van der Waals surface area (Å²) in [6, 6.07) is 7.42. The highest BCUT2D eigenvalue weighted by molar-refractivity contribution is 5.95. The molecule has 114 valence electrons. The number of carboxylic acid groups (broad SMARTS) is 1. The number of carboxylic acids is 1. The lowest BCUT2D eigenvalue weighted by Crippen LogP contribution is -2.39. The number of methoxy groups -OCH3 is 1. The topological polar surface area (TPSA) is 75.6 Å². The molecule has 1 aromatic carbocycles. The summed E-state index contributed by atoms with van der Waals surface area (Å²) < 4.78 is 5.10. The van der Waals surface area contributed by atoms with Crippen LogP contribution in [0.15, 0.2) is 24.3 Å². The number of amides is 1. The Morgan fingerprint density at radius 3 is 2.52 bits per heavy atom. The third-order valence-electron chi connectivity index (χ3n) is 3.97. The number of ether oxygens (including phenoxy) is 1. The molecule has 1 amide bonds. The predicted octanol–water partition coefficient (Wildman–Crippen LogP) is 2.21. The van der Waals surface area contributed by atoms with Gasteiger partial charge in [-0.1, -0.05) is 18.2 Å². The number of nitrogens with one attached hydrogen (secondary N) is 1. The Hall–Kier alpha value is -1.88. The lowest BCUT2D eigenvalue weighted by molar-refractivity contribution is -0.142. The van der Waals surface area contributed by atoms with Gasteiger partial charge in [0.25, 0.3) is 5.91 Å². The molecule has 0 heterocycles. The van der Waals surface area contributed by atoms with E-state index in [1.165, 1.54) is 0 Å². The van der Waals surface area contributed by atoms with Crippen molar-refractivity contribution in [2.75, 3.05) is 7.11 Å². The molecule has 1 fully saturated rings. The van der Waals surface area contributed by atoms with Crippen molar-refractivity contribution in [1.29, 1.82) is 0 Å². The van der Waals surface area contributed by atoms with E-state index in [9.17, 15) is 9.59 Å². The molecule has 1 aromatic rings. The van der Waals surface area contributed by atoms with Crippen LogP contribution in [-0.4, -0.2) is 30.1 Å². The number of hydrogen-bond donors (Lipinski definition) is 2. The first kappa shape index (κ1) is 15.5. The summed E-state index contributed by atoms with van der Waals surface area (Å²) in [5.74, 6) is -1.11. The molecule has 0 spiro atoms. The van der Waals surface area contributed by atoms with Gasteiger partial charge in [0.05, 0.1) is 12.5 Å². The maximum Gasteiger partial charge on any atom is 0.306 e. The summed E-state index contributed by atoms with van der Waals surface area (Å²) in [6.45, 7) is 0.398. The van der Waals surface area contributed by atoms with Gasteiger partial charge in [-0.15, -0.1) is 0 Å². The van der Waals surface area contributed by atoms with Gasteiger partial charge in [-0.25, -0.2) is 0 Å². The van der Waals surface area contributed by atoms with E-state index in [-0.39, 0.29) is 17.9 Å². The van der Waals surface area contributed by atoms with Crippen LogP contribution in [0.4, 0.5) is 0 Å². The van der Waals surface area contributed by atoms with E-state index in [0.717, 1.165) is 18.4 Å². The van der Waals surface area contributed by atoms with Crippen LogP contribution in [0.2, 0.25) is 0 Å². The molecule has 5 nitrogen and oxygen atoms in total. The molecule has 1 aliphatic carbocycles. The number of carbonyl (C=O) groups is 2. The Balaban J connectivity index is 1.95. The van der Waals surface area contributed by atoms with Crippen LogP contribution in [0.25, 0.3) is 0 Å². The summed E-state index contributed by atoms with van der Waals surface area (Å²) in [6.07, 6.45) is 2.68. The highest BCUT2D eigenvalue weighted by Gasteiger charge is 2.27. The first-order valence-corrected chi connectivity index (χ1v) is 7.22. The Morgan fingerprint density at radius 1 is 1.24 bits per heavy atom. The lowest BCUT2D eigenvalue weighted by atomic mass is 9.86. The van der Waals surface area contributed by atoms with Gasteiger partial charge in [0.1, 0.15) is 0 Å². The fraction of sp³-hybridized carbons (Fsp3) is 0.500. The van der Waals surface area contributed by atoms with Crippen LogP contribution < -0.4 is 5.32 Å². The minimum Gasteiger partial charge on any atom is -0.481 e. The Bertz CT molecular complexity index is 507. The maximum absolute atomic E-state index is 12.3. The van der Waals surface area contributed by atoms with E-state index < -0.39 is 5.97 Å². The number of benzene rings is 1. The summed E-state index contributed by atoms with van der Waals surface area (Å²) >= 11 is 0. The normalized spacial score (nSPS) is 21.8. The van der Waals surface area contributed by atoms with Crippen molar-refractivity contribution in [1.82, 2.24) is 5.32 Å². The van der Waals surface area contributed by atoms with Gasteiger partial charge >= 0.3 is 5.97 Å². The molecule has 0 unspecified atom stereocenters. The van der Waals surface area contributed by atoms with Crippen LogP contribution in [-0.2, 0) is 16.1 Å². The molecule has 0 radical (unpaired) electrons. The number of aliphatic carboxylic acids is 1. The second-order valence-electron chi connectivity index (χ2n) is 5.45. The van der Waals surface area contributed by atoms with E-state index in [4.69, 9.17) is 9.84 Å². The van der Waals surface area contributed by atoms with Crippen molar-refractivity contribution in [3.8, 4) is 0 Å². The minimum absolute atomic E-state index is 0.0590. The maximum atomic E-state index is 12.3. The third kappa shape index (κ3) is 4.04. The van der Waals surface area contributed by atoms with Crippen molar-refractivity contribution in [2.45, 2.75) is 38.3 Å². The third-order valence-corrected chi connectivity index (χ3v) is 3.97. The van der Waals surface area contributed by atoms with Gasteiger partial charge < -0.3 is 15.2 Å². The van der Waals surface area contributed by atoms with Crippen LogP contribution in [0.5, 0.6) is 0 Å². The van der Waals surface area contributed by atoms with Crippen LogP contribution in [0, 0.1) is 5.92 Å². The van der Waals surface area contributed by atoms with Gasteiger partial charge in [0, 0.05) is 18.7 Å². The van der Waals surface area contributed by atoms with Gasteiger partial charge in [0.15, 0.2) is 0 Å². The molecule has 0 aromatic heterocycles. The molecule has 2 rings (SSSR count). The molecule has 21 heavy (non-hydrogen) atoms. The first-order valence-electron chi connectivity index (χ1n) is 7.22. The summed E-state index contributed by atoms with van der Waals surface area (Å²) in [4.78, 5) is 23.3. The van der Waals surface area contributed by atoms with Crippen molar-refractivity contribution < 1.29 is 19.4 Å². The number of carbonyl (C=O) groups excluding carboxylic acids is 1. The zero-order chi connectivity index (χ0) is 15.2. The quantitative estimate of drug-likeness (QED) is 0.872. The zero-order valence-electron chi connectivity index (χ0n) is 12.2. The van der Waals surface area contributed by atoms with Gasteiger partial charge in [-0.3, -0.25) is 9.59 Å². The van der Waals surface area contributed by atoms with Crippen LogP contribution in [0.1, 0.15) is 41.6 Å². The number of hydrogen-bond acceptors (Lipinski definition) is 3. The molecule has 2 N–H and O–H groups in total. The van der Waals surface area contributed by atoms with Crippen molar-refractivity contribution in [2.24, 2.45) is 5.92 Å². The second kappa shape index (κ2) is 7.22. The lowest BCUT2D eigenvalue weighted by Gasteiger charge is -2.27. The van der Waals surface area contributed by atoms with E-state index in [2.05, 4.69) is 5.32 Å². The van der Waals surface area contributed by atoms with Crippen molar-refractivity contribution >= 4 is 11.9 Å². The van der Waals surface area contributed by atoms with Crippen LogP contribution in [0.3, 0.4) is 0 Å². The zero-order valence-corrected chi connectivity index (χ0v) is 12.2. The molecule has 0 bridgehead atoms. The second-order valence-corrected chi connectivity index (χ2v) is 5.45. The van der Waals surface area contributed by atoms with E-state index in [1.807, 2.05) is 18.2 Å². The van der Waals surface area contributed by atoms with Crippen molar-refractivity contribution in [3.63, 3.8) is 0 Å². The SMILES string of the molecule is COCc1ccccc1C(=O)NC1CCC(C(=O)O)CC1. The van der Waals surface area contributed by atoms with Gasteiger partial charge in [0.2, 0.25) is 0 Å². The summed E-state index contributed by atoms with van der Waals surface area (Å²) in [5.41, 5.74) is 1.48. The fourth-order valence-electron chi connectivity index (χ4n) is 2.77. The van der Waals surface area contributed by atoms with Gasteiger partial charge in [-0.2, -0.15) is 0 Å². The Kier molecular flexibility index (Phi) is 5.33. The molecule has 0 atom stereocenters. The molecule has 1 saturated carbocycles. The largest absolute Gasteiger partial charge is 0.481 e. The molecule has 0 saturated heterocycles. The van der Waals surface area contributed by atoms with Gasteiger partial charge in [-0.05, 0) is 37.3 Å². The van der Waals surface area contributed by atoms with Crippen molar-refractivity contribution in [3.05, 3.63) is 35.4 Å². The van der Waals surface area contributed by atoms with E-state index >= 15 is 0 Å². The van der Waals surface area contributed by atoms with E-state index in [1.54, 1.807) is 13.2 Å². The predicted molar refractivity (Wildman–Crippen MR) is 78.0 cm³/mol.